The summed E-state index contributed by atoms with van der Waals surface area (Å²) < 4.78 is 0. The summed E-state index contributed by atoms with van der Waals surface area (Å²) in [6, 6.07) is 0. The Kier molecular flexibility index (Phi) is 3.27. The van der Waals surface area contributed by atoms with Gasteiger partial charge in [-0.05, 0) is 27.3 Å². The van der Waals surface area contributed by atoms with Crippen LogP contribution in [0.3, 0.4) is 0 Å². The minimum absolute atomic E-state index is 0.384. The molecule has 9 heavy (non-hydrogen) atoms. The zero-order chi connectivity index (χ0) is 7.49. The van der Waals surface area contributed by atoms with Crippen molar-refractivity contribution in [3.05, 3.63) is 0 Å². The molecule has 0 aromatic rings. The summed E-state index contributed by atoms with van der Waals surface area (Å²) in [7, 11) is 4.27. The molecule has 0 saturated carbocycles. The molecule has 2 heteroatoms. The minimum Gasteiger partial charge on any atom is -0.347 e. The van der Waals surface area contributed by atoms with E-state index in [0.717, 1.165) is 0 Å². The fraction of sp³-hybridized carbons (Fsp3) is 1.00. The quantitative estimate of drug-likeness (QED) is 0.512. The van der Waals surface area contributed by atoms with Gasteiger partial charge in [-0.1, -0.05) is 13.3 Å². The zero-order valence-electron chi connectivity index (χ0n) is 7.36. The summed E-state index contributed by atoms with van der Waals surface area (Å²) in [6.45, 7) is 6.78. The SMILES string of the molecule is BN(C)C(C)(C)CCC. The van der Waals surface area contributed by atoms with E-state index in [1.165, 1.54) is 12.8 Å². The van der Waals surface area contributed by atoms with Crippen molar-refractivity contribution in [3.8, 4) is 0 Å². The Morgan fingerprint density at radius 3 is 2.00 bits per heavy atom. The van der Waals surface area contributed by atoms with Gasteiger partial charge in [0.2, 0.25) is 0 Å². The predicted octanol–water partition coefficient (Wildman–Crippen LogP) is 1.04. The van der Waals surface area contributed by atoms with Crippen molar-refractivity contribution in [2.75, 3.05) is 7.05 Å². The van der Waals surface area contributed by atoms with Crippen LogP contribution >= 0.6 is 0 Å². The summed E-state index contributed by atoms with van der Waals surface area (Å²) in [5, 5.41) is 0. The molecule has 0 radical (unpaired) electrons. The van der Waals surface area contributed by atoms with E-state index in [4.69, 9.17) is 0 Å². The average molecular weight is 127 g/mol. The lowest BCUT2D eigenvalue weighted by atomic mass is 9.94. The van der Waals surface area contributed by atoms with Crippen LogP contribution in [0.5, 0.6) is 0 Å². The van der Waals surface area contributed by atoms with Gasteiger partial charge in [0.15, 0.2) is 7.98 Å². The lowest BCUT2D eigenvalue weighted by molar-refractivity contribution is 0.256. The van der Waals surface area contributed by atoms with E-state index < -0.39 is 0 Å². The van der Waals surface area contributed by atoms with Gasteiger partial charge < -0.3 is 4.81 Å². The molecule has 0 rings (SSSR count). The molecular weight excluding hydrogens is 109 g/mol. The summed E-state index contributed by atoms with van der Waals surface area (Å²) in [6.07, 6.45) is 2.55. The van der Waals surface area contributed by atoms with Gasteiger partial charge in [-0.2, -0.15) is 0 Å². The second-order valence-electron chi connectivity index (χ2n) is 3.46. The van der Waals surface area contributed by atoms with E-state index in [2.05, 4.69) is 40.6 Å². The van der Waals surface area contributed by atoms with Crippen molar-refractivity contribution in [1.29, 1.82) is 0 Å². The molecule has 0 unspecified atom stereocenters. The molecule has 0 aliphatic carbocycles. The first kappa shape index (κ1) is 9.02. The lowest BCUT2D eigenvalue weighted by Gasteiger charge is -2.32. The van der Waals surface area contributed by atoms with Gasteiger partial charge in [-0.15, -0.1) is 0 Å². The second kappa shape index (κ2) is 3.26. The summed E-state index contributed by atoms with van der Waals surface area (Å²) in [4.78, 5) is 2.27. The van der Waals surface area contributed by atoms with E-state index >= 15 is 0 Å². The Balaban J connectivity index is 3.70. The van der Waals surface area contributed by atoms with Crippen molar-refractivity contribution in [2.45, 2.75) is 39.2 Å². The summed E-state index contributed by atoms with van der Waals surface area (Å²) in [5.74, 6) is 0. The summed E-state index contributed by atoms with van der Waals surface area (Å²) >= 11 is 0. The maximum absolute atomic E-state index is 2.27. The molecule has 0 bridgehead atoms. The van der Waals surface area contributed by atoms with Crippen molar-refractivity contribution in [1.82, 2.24) is 4.81 Å². The highest BCUT2D eigenvalue weighted by Gasteiger charge is 2.17. The third-order valence-electron chi connectivity index (χ3n) is 2.07. The molecule has 1 nitrogen and oxygen atoms in total. The van der Waals surface area contributed by atoms with E-state index in [0.29, 0.717) is 5.54 Å². The predicted molar refractivity (Wildman–Crippen MR) is 45.3 cm³/mol. The van der Waals surface area contributed by atoms with Crippen LogP contribution in [0.1, 0.15) is 33.6 Å². The van der Waals surface area contributed by atoms with Gasteiger partial charge in [-0.25, -0.2) is 0 Å². The van der Waals surface area contributed by atoms with Gasteiger partial charge in [-0.3, -0.25) is 0 Å². The van der Waals surface area contributed by atoms with Crippen LogP contribution in [0.2, 0.25) is 0 Å². The van der Waals surface area contributed by atoms with Gasteiger partial charge in [0, 0.05) is 5.54 Å². The standard InChI is InChI=1S/C7H18BN/c1-5-6-7(2,3)9(4)8/h5-6,8H2,1-4H3. The third kappa shape index (κ3) is 2.90. The average Bonchev–Trinajstić information content (AvgIpc) is 1.65. The van der Waals surface area contributed by atoms with Crippen molar-refractivity contribution in [3.63, 3.8) is 0 Å². The van der Waals surface area contributed by atoms with Gasteiger partial charge in [0.05, 0.1) is 0 Å². The molecule has 0 N–H and O–H groups in total. The first-order chi connectivity index (χ1) is 4.00. The van der Waals surface area contributed by atoms with Gasteiger partial charge in [0.25, 0.3) is 0 Å². The van der Waals surface area contributed by atoms with Gasteiger partial charge in [0.1, 0.15) is 0 Å². The molecular formula is C7H18BN. The molecule has 0 aromatic heterocycles. The molecule has 0 saturated heterocycles. The Morgan fingerprint density at radius 1 is 1.44 bits per heavy atom. The summed E-state index contributed by atoms with van der Waals surface area (Å²) in [5.41, 5.74) is 0.384. The molecule has 0 atom stereocenters. The maximum Gasteiger partial charge on any atom is 0.185 e. The molecule has 0 heterocycles. The smallest absolute Gasteiger partial charge is 0.185 e. The highest BCUT2D eigenvalue weighted by molar-refractivity contribution is 6.04. The van der Waals surface area contributed by atoms with Crippen LogP contribution in [0, 0.1) is 0 Å². The first-order valence-electron chi connectivity index (χ1n) is 3.68. The van der Waals surface area contributed by atoms with Crippen LogP contribution in [0.25, 0.3) is 0 Å². The number of rotatable bonds is 3. The van der Waals surface area contributed by atoms with E-state index in [1.54, 1.807) is 0 Å². The van der Waals surface area contributed by atoms with Crippen LogP contribution in [-0.4, -0.2) is 25.4 Å². The Bertz CT molecular complexity index is 79.0. The van der Waals surface area contributed by atoms with E-state index in [1.807, 2.05) is 0 Å². The Morgan fingerprint density at radius 2 is 1.89 bits per heavy atom. The largest absolute Gasteiger partial charge is 0.347 e. The number of nitrogens with zero attached hydrogens (tertiary/aromatic N) is 1. The van der Waals surface area contributed by atoms with Crippen molar-refractivity contribution in [2.24, 2.45) is 0 Å². The molecule has 0 amide bonds. The van der Waals surface area contributed by atoms with Crippen molar-refractivity contribution >= 4 is 7.98 Å². The Hall–Kier alpha value is 0.0249. The highest BCUT2D eigenvalue weighted by atomic mass is 15.1. The normalized spacial score (nSPS) is 12.6. The maximum atomic E-state index is 2.27. The van der Waals surface area contributed by atoms with E-state index in [9.17, 15) is 0 Å². The van der Waals surface area contributed by atoms with Crippen LogP contribution in [0.15, 0.2) is 0 Å². The first-order valence-corrected chi connectivity index (χ1v) is 3.68. The fourth-order valence-corrected chi connectivity index (χ4v) is 0.835. The minimum atomic E-state index is 0.384. The second-order valence-corrected chi connectivity index (χ2v) is 3.46. The Labute approximate surface area is 59.9 Å². The van der Waals surface area contributed by atoms with Gasteiger partial charge >= 0.3 is 0 Å². The molecule has 0 fully saturated rings. The molecule has 0 spiro atoms. The molecule has 0 aliphatic rings. The number of hydrogen-bond acceptors (Lipinski definition) is 1. The third-order valence-corrected chi connectivity index (χ3v) is 2.07. The topological polar surface area (TPSA) is 3.24 Å². The van der Waals surface area contributed by atoms with E-state index in [-0.39, 0.29) is 0 Å². The van der Waals surface area contributed by atoms with Crippen LogP contribution in [-0.2, 0) is 0 Å². The monoisotopic (exact) mass is 127 g/mol. The molecule has 0 aliphatic heterocycles. The van der Waals surface area contributed by atoms with Crippen LogP contribution < -0.4 is 0 Å². The molecule has 0 aromatic carbocycles. The highest BCUT2D eigenvalue weighted by Crippen LogP contribution is 2.15. The lowest BCUT2D eigenvalue weighted by Crippen LogP contribution is -2.38. The zero-order valence-corrected chi connectivity index (χ0v) is 7.36. The molecule has 54 valence electrons. The number of hydrogen-bond donors (Lipinski definition) is 0. The fourth-order valence-electron chi connectivity index (χ4n) is 0.835. The van der Waals surface area contributed by atoms with Crippen LogP contribution in [0.4, 0.5) is 0 Å². The van der Waals surface area contributed by atoms with Crippen molar-refractivity contribution < 1.29 is 0 Å².